The van der Waals surface area contributed by atoms with E-state index in [-0.39, 0.29) is 10.6 Å². The molecule has 0 aliphatic carbocycles. The van der Waals surface area contributed by atoms with Gasteiger partial charge < -0.3 is 0 Å². The summed E-state index contributed by atoms with van der Waals surface area (Å²) in [6.45, 7) is 1.85. The Morgan fingerprint density at radius 3 is 2.43 bits per heavy atom. The van der Waals surface area contributed by atoms with Gasteiger partial charge in [0.05, 0.1) is 18.2 Å². The van der Waals surface area contributed by atoms with Crippen LogP contribution in [0.4, 0.5) is 0 Å². The molecule has 8 heteroatoms. The second kappa shape index (κ2) is 5.66. The fourth-order valence-corrected chi connectivity index (χ4v) is 2.95. The molecule has 0 saturated heterocycles. The first-order valence-electron chi connectivity index (χ1n) is 6.06. The summed E-state index contributed by atoms with van der Waals surface area (Å²) in [6, 6.07) is 7.63. The molecule has 0 aliphatic heterocycles. The zero-order valence-electron chi connectivity index (χ0n) is 11.8. The van der Waals surface area contributed by atoms with Crippen LogP contribution in [0.15, 0.2) is 41.4 Å². The van der Waals surface area contributed by atoms with Gasteiger partial charge in [-0.2, -0.15) is 13.5 Å². The summed E-state index contributed by atoms with van der Waals surface area (Å²) in [5.41, 5.74) is 0.838. The average molecular weight is 309 g/mol. The predicted molar refractivity (Wildman–Crippen MR) is 75.1 cm³/mol. The molecule has 0 spiro atoms. The third kappa shape index (κ3) is 2.81. The summed E-state index contributed by atoms with van der Waals surface area (Å²) in [6.07, 6.45) is 1.25. The van der Waals surface area contributed by atoms with Gasteiger partial charge in [0.15, 0.2) is 0 Å². The zero-order valence-corrected chi connectivity index (χ0v) is 12.7. The van der Waals surface area contributed by atoms with E-state index in [0.29, 0.717) is 4.09 Å². The van der Waals surface area contributed by atoms with Gasteiger partial charge in [0.1, 0.15) is 5.69 Å². The molecular formula is C13H15N3O4S. The van der Waals surface area contributed by atoms with Gasteiger partial charge in [-0.25, -0.2) is 5.06 Å². The summed E-state index contributed by atoms with van der Waals surface area (Å²) >= 11 is 0. The van der Waals surface area contributed by atoms with Gasteiger partial charge in [0.25, 0.3) is 15.9 Å². The second-order valence-electron chi connectivity index (χ2n) is 4.36. The molecule has 1 heterocycles. The molecule has 112 valence electrons. The zero-order chi connectivity index (χ0) is 15.6. The van der Waals surface area contributed by atoms with Gasteiger partial charge in [-0.05, 0) is 25.1 Å². The second-order valence-corrected chi connectivity index (χ2v) is 6.13. The molecule has 0 aliphatic rings. The number of hydrogen-bond acceptors (Lipinski definition) is 5. The minimum absolute atomic E-state index is 0.0610. The van der Waals surface area contributed by atoms with Crippen molar-refractivity contribution >= 4 is 15.9 Å². The Labute approximate surface area is 122 Å². The summed E-state index contributed by atoms with van der Waals surface area (Å²) in [5, 5.41) is 4.68. The summed E-state index contributed by atoms with van der Waals surface area (Å²) < 4.78 is 25.8. The minimum atomic E-state index is -3.93. The van der Waals surface area contributed by atoms with E-state index in [1.54, 1.807) is 12.1 Å². The van der Waals surface area contributed by atoms with Crippen molar-refractivity contribution in [1.82, 2.24) is 14.2 Å². The number of hydroxylamine groups is 2. The van der Waals surface area contributed by atoms with E-state index in [4.69, 9.17) is 4.84 Å². The number of aryl methyl sites for hydroxylation is 1. The lowest BCUT2D eigenvalue weighted by Gasteiger charge is -2.14. The van der Waals surface area contributed by atoms with Crippen LogP contribution in [0.1, 0.15) is 16.1 Å². The smallest absolute Gasteiger partial charge is 0.274 e. The largest absolute Gasteiger partial charge is 0.296 e. The van der Waals surface area contributed by atoms with E-state index >= 15 is 0 Å². The molecule has 0 N–H and O–H groups in total. The van der Waals surface area contributed by atoms with Crippen molar-refractivity contribution in [1.29, 1.82) is 0 Å². The molecule has 0 radical (unpaired) electrons. The van der Waals surface area contributed by atoms with Crippen LogP contribution in [0.5, 0.6) is 0 Å². The number of aromatic nitrogens is 2. The van der Waals surface area contributed by atoms with Crippen LogP contribution < -0.4 is 0 Å². The third-order valence-electron chi connectivity index (χ3n) is 2.94. The Bertz CT molecular complexity index is 750. The number of rotatable bonds is 4. The Morgan fingerprint density at radius 2 is 1.86 bits per heavy atom. The van der Waals surface area contributed by atoms with E-state index in [1.807, 2.05) is 6.92 Å². The lowest BCUT2D eigenvalue weighted by atomic mass is 10.2. The van der Waals surface area contributed by atoms with Crippen LogP contribution in [0.3, 0.4) is 0 Å². The van der Waals surface area contributed by atoms with Crippen molar-refractivity contribution in [2.24, 2.45) is 0 Å². The highest BCUT2D eigenvalue weighted by molar-refractivity contribution is 7.89. The minimum Gasteiger partial charge on any atom is -0.274 e. The van der Waals surface area contributed by atoms with Gasteiger partial charge in [-0.15, -0.1) is 4.09 Å². The Morgan fingerprint density at radius 1 is 1.24 bits per heavy atom. The van der Waals surface area contributed by atoms with Crippen molar-refractivity contribution in [2.45, 2.75) is 11.8 Å². The highest BCUT2D eigenvalue weighted by Crippen LogP contribution is 2.16. The molecule has 0 unspecified atom stereocenters. The predicted octanol–water partition coefficient (Wildman–Crippen LogP) is 1.06. The fourth-order valence-electron chi connectivity index (χ4n) is 1.69. The van der Waals surface area contributed by atoms with Crippen LogP contribution in [0, 0.1) is 6.92 Å². The third-order valence-corrected chi connectivity index (χ3v) is 4.55. The van der Waals surface area contributed by atoms with E-state index in [1.165, 1.54) is 38.6 Å². The maximum absolute atomic E-state index is 12.5. The summed E-state index contributed by atoms with van der Waals surface area (Å²) in [5.74, 6) is -0.606. The average Bonchev–Trinajstić information content (AvgIpc) is 2.96. The first-order valence-corrected chi connectivity index (χ1v) is 7.50. The van der Waals surface area contributed by atoms with Crippen LogP contribution in [-0.4, -0.2) is 42.7 Å². The number of carbonyl (C=O) groups excluding carboxylic acids is 1. The normalized spacial score (nSPS) is 11.4. The molecule has 0 fully saturated rings. The first-order chi connectivity index (χ1) is 9.87. The maximum Gasteiger partial charge on any atom is 0.296 e. The van der Waals surface area contributed by atoms with Crippen molar-refractivity contribution in [3.8, 4) is 0 Å². The molecular weight excluding hydrogens is 294 g/mol. The number of amides is 1. The van der Waals surface area contributed by atoms with Crippen LogP contribution >= 0.6 is 0 Å². The van der Waals surface area contributed by atoms with Crippen molar-refractivity contribution < 1.29 is 18.0 Å². The number of nitrogens with zero attached hydrogens (tertiary/aromatic N) is 3. The first kappa shape index (κ1) is 15.2. The van der Waals surface area contributed by atoms with E-state index < -0.39 is 15.9 Å². The molecule has 21 heavy (non-hydrogen) atoms. The van der Waals surface area contributed by atoms with Gasteiger partial charge >= 0.3 is 0 Å². The molecule has 1 aromatic heterocycles. The van der Waals surface area contributed by atoms with Gasteiger partial charge in [-0.1, -0.05) is 17.7 Å². The Balaban J connectivity index is 2.50. The van der Waals surface area contributed by atoms with E-state index in [0.717, 1.165) is 10.6 Å². The summed E-state index contributed by atoms with van der Waals surface area (Å²) in [4.78, 5) is 16.9. The Kier molecular flexibility index (Phi) is 4.10. The van der Waals surface area contributed by atoms with Crippen molar-refractivity contribution in [3.05, 3.63) is 47.8 Å². The number of carbonyl (C=O) groups is 1. The maximum atomic E-state index is 12.5. The molecule has 2 rings (SSSR count). The molecule has 0 saturated carbocycles. The standard InChI is InChI=1S/C13H15N3O4S/c1-10-4-6-11(7-5-10)21(18,19)16-12(8-9-14-16)13(17)15(2)20-3/h4-9H,1-3H3. The van der Waals surface area contributed by atoms with Gasteiger partial charge in [0, 0.05) is 7.05 Å². The van der Waals surface area contributed by atoms with Gasteiger partial charge in [-0.3, -0.25) is 9.63 Å². The lowest BCUT2D eigenvalue weighted by molar-refractivity contribution is -0.0761. The molecule has 7 nitrogen and oxygen atoms in total. The van der Waals surface area contributed by atoms with Crippen LogP contribution in [0.2, 0.25) is 0 Å². The SMILES string of the molecule is CON(C)C(=O)c1ccnn1S(=O)(=O)c1ccc(C)cc1. The molecule has 0 bridgehead atoms. The van der Waals surface area contributed by atoms with Crippen LogP contribution in [-0.2, 0) is 14.9 Å². The molecule has 2 aromatic rings. The monoisotopic (exact) mass is 309 g/mol. The number of hydrogen-bond donors (Lipinski definition) is 0. The van der Waals surface area contributed by atoms with Gasteiger partial charge in [0.2, 0.25) is 0 Å². The highest BCUT2D eigenvalue weighted by Gasteiger charge is 2.26. The topological polar surface area (TPSA) is 81.5 Å². The summed E-state index contributed by atoms with van der Waals surface area (Å²) in [7, 11) is -1.23. The van der Waals surface area contributed by atoms with E-state index in [2.05, 4.69) is 5.10 Å². The van der Waals surface area contributed by atoms with Crippen LogP contribution in [0.25, 0.3) is 0 Å². The molecule has 1 amide bonds. The number of benzene rings is 1. The lowest BCUT2D eigenvalue weighted by Crippen LogP contribution is -2.30. The fraction of sp³-hybridized carbons (Fsp3) is 0.231. The molecule has 1 aromatic carbocycles. The molecule has 0 atom stereocenters. The Hall–Kier alpha value is -2.19. The van der Waals surface area contributed by atoms with Crippen molar-refractivity contribution in [3.63, 3.8) is 0 Å². The quantitative estimate of drug-likeness (QED) is 0.789. The van der Waals surface area contributed by atoms with E-state index in [9.17, 15) is 13.2 Å². The van der Waals surface area contributed by atoms with Crippen molar-refractivity contribution in [2.75, 3.05) is 14.2 Å². The highest BCUT2D eigenvalue weighted by atomic mass is 32.2.